The Hall–Kier alpha value is -3.04. The predicted molar refractivity (Wildman–Crippen MR) is 90.9 cm³/mol. The minimum absolute atomic E-state index is 0.0486. The number of nitrogens with zero attached hydrogens (tertiary/aromatic N) is 4. The van der Waals surface area contributed by atoms with Crippen molar-refractivity contribution in [2.24, 2.45) is 5.92 Å². The summed E-state index contributed by atoms with van der Waals surface area (Å²) in [4.78, 5) is 20.4. The smallest absolute Gasteiger partial charge is 0.340 e. The monoisotopic (exact) mass is 393 g/mol. The minimum Gasteiger partial charge on any atom is -0.340 e. The zero-order chi connectivity index (χ0) is 20.1. The highest BCUT2D eigenvalue weighted by atomic mass is 19.4. The van der Waals surface area contributed by atoms with Gasteiger partial charge in [0, 0.05) is 11.9 Å². The van der Waals surface area contributed by atoms with Crippen LogP contribution < -0.4 is 5.32 Å². The molecule has 4 rings (SSSR count). The average Bonchev–Trinajstić information content (AvgIpc) is 3.37. The van der Waals surface area contributed by atoms with Crippen LogP contribution in [0.25, 0.3) is 16.9 Å². The lowest BCUT2D eigenvalue weighted by Gasteiger charge is -2.20. The van der Waals surface area contributed by atoms with E-state index in [2.05, 4.69) is 20.4 Å². The average molecular weight is 393 g/mol. The number of pyridine rings is 1. The molecule has 0 saturated heterocycles. The van der Waals surface area contributed by atoms with Crippen molar-refractivity contribution in [3.63, 3.8) is 0 Å². The molecule has 0 aliphatic heterocycles. The van der Waals surface area contributed by atoms with Gasteiger partial charge in [-0.3, -0.25) is 4.79 Å². The number of hydrogen-bond donors (Lipinski definition) is 1. The molecule has 1 unspecified atom stereocenters. The van der Waals surface area contributed by atoms with Crippen molar-refractivity contribution in [3.8, 4) is 11.3 Å². The van der Waals surface area contributed by atoms with Gasteiger partial charge in [0.05, 0.1) is 17.5 Å². The van der Waals surface area contributed by atoms with E-state index in [0.29, 0.717) is 18.5 Å². The van der Waals surface area contributed by atoms with Gasteiger partial charge in [-0.25, -0.2) is 14.5 Å². The van der Waals surface area contributed by atoms with E-state index in [0.717, 1.165) is 6.20 Å². The molecular formula is C18H15F4N5O. The Morgan fingerprint density at radius 3 is 2.75 bits per heavy atom. The molecule has 1 amide bonds. The first kappa shape index (κ1) is 18.3. The molecule has 6 nitrogen and oxygen atoms in total. The van der Waals surface area contributed by atoms with Crippen molar-refractivity contribution in [2.75, 3.05) is 0 Å². The Labute approximate surface area is 156 Å². The van der Waals surface area contributed by atoms with Crippen molar-refractivity contribution in [1.82, 2.24) is 24.9 Å². The van der Waals surface area contributed by atoms with E-state index in [-0.39, 0.29) is 22.5 Å². The molecule has 3 aromatic rings. The number of carbonyl (C=O) groups excluding carboxylic acids is 1. The van der Waals surface area contributed by atoms with Crippen LogP contribution in [0.15, 0.2) is 30.6 Å². The maximum Gasteiger partial charge on any atom is 0.408 e. The Morgan fingerprint density at radius 1 is 1.36 bits per heavy atom. The molecule has 1 atom stereocenters. The molecule has 1 fully saturated rings. The molecule has 0 radical (unpaired) electrons. The van der Waals surface area contributed by atoms with Crippen LogP contribution in [0.3, 0.4) is 0 Å². The van der Waals surface area contributed by atoms with Crippen molar-refractivity contribution in [1.29, 1.82) is 0 Å². The standard InChI is InChI=1S/C18H15F4N5O/c1-9-7-13(11-3-2-6-23-15(11)19)25-16-12(8-24-27(9)16)17(28)26-14(10-4-5-10)18(20,21)22/h2-3,6-8,10,14H,4-5H2,1H3,(H,26,28). The molecule has 146 valence electrons. The van der Waals surface area contributed by atoms with Crippen LogP contribution in [-0.4, -0.2) is 37.7 Å². The Morgan fingerprint density at radius 2 is 2.11 bits per heavy atom. The van der Waals surface area contributed by atoms with Crippen LogP contribution in [0.5, 0.6) is 0 Å². The van der Waals surface area contributed by atoms with E-state index >= 15 is 0 Å². The third kappa shape index (κ3) is 3.30. The highest BCUT2D eigenvalue weighted by molar-refractivity contribution is 6.00. The van der Waals surface area contributed by atoms with E-state index in [1.54, 1.807) is 13.0 Å². The van der Waals surface area contributed by atoms with Crippen LogP contribution in [0.2, 0.25) is 0 Å². The van der Waals surface area contributed by atoms with Gasteiger partial charge in [-0.1, -0.05) is 0 Å². The Balaban J connectivity index is 1.74. The second-order valence-electron chi connectivity index (χ2n) is 6.75. The van der Waals surface area contributed by atoms with Gasteiger partial charge in [-0.05, 0) is 43.9 Å². The first-order valence-corrected chi connectivity index (χ1v) is 8.59. The molecule has 1 N–H and O–H groups in total. The molecule has 28 heavy (non-hydrogen) atoms. The van der Waals surface area contributed by atoms with Gasteiger partial charge < -0.3 is 5.32 Å². The lowest BCUT2D eigenvalue weighted by molar-refractivity contribution is -0.158. The molecule has 3 heterocycles. The number of carbonyl (C=O) groups is 1. The van der Waals surface area contributed by atoms with Crippen LogP contribution in [-0.2, 0) is 0 Å². The number of amides is 1. The van der Waals surface area contributed by atoms with Gasteiger partial charge in [0.1, 0.15) is 11.6 Å². The van der Waals surface area contributed by atoms with Crippen molar-refractivity contribution < 1.29 is 22.4 Å². The fourth-order valence-electron chi connectivity index (χ4n) is 3.10. The van der Waals surface area contributed by atoms with Gasteiger partial charge in [0.2, 0.25) is 5.95 Å². The molecule has 10 heteroatoms. The summed E-state index contributed by atoms with van der Waals surface area (Å²) in [6.07, 6.45) is -1.25. The summed E-state index contributed by atoms with van der Waals surface area (Å²) in [7, 11) is 0. The summed E-state index contributed by atoms with van der Waals surface area (Å²) in [5.41, 5.74) is 0.806. The first-order valence-electron chi connectivity index (χ1n) is 8.59. The largest absolute Gasteiger partial charge is 0.408 e. The zero-order valence-electron chi connectivity index (χ0n) is 14.7. The van der Waals surface area contributed by atoms with Gasteiger partial charge >= 0.3 is 6.18 Å². The summed E-state index contributed by atoms with van der Waals surface area (Å²) in [5.74, 6) is -2.27. The fourth-order valence-corrected chi connectivity index (χ4v) is 3.10. The number of fused-ring (bicyclic) bond motifs is 1. The third-order valence-electron chi connectivity index (χ3n) is 4.66. The van der Waals surface area contributed by atoms with Crippen LogP contribution in [0, 0.1) is 18.8 Å². The summed E-state index contributed by atoms with van der Waals surface area (Å²) in [5, 5.41) is 6.09. The van der Waals surface area contributed by atoms with Crippen LogP contribution in [0.1, 0.15) is 28.9 Å². The van der Waals surface area contributed by atoms with Crippen molar-refractivity contribution >= 4 is 11.6 Å². The Kier molecular flexibility index (Phi) is 4.28. The summed E-state index contributed by atoms with van der Waals surface area (Å²) in [6, 6.07) is 2.66. The number of nitrogens with one attached hydrogen (secondary N) is 1. The minimum atomic E-state index is -4.53. The summed E-state index contributed by atoms with van der Waals surface area (Å²) < 4.78 is 55.0. The van der Waals surface area contributed by atoms with E-state index in [1.807, 2.05) is 0 Å². The van der Waals surface area contributed by atoms with Crippen LogP contribution >= 0.6 is 0 Å². The summed E-state index contributed by atoms with van der Waals surface area (Å²) >= 11 is 0. The van der Waals surface area contributed by atoms with Gasteiger partial charge in [-0.2, -0.15) is 22.7 Å². The second-order valence-corrected chi connectivity index (χ2v) is 6.75. The third-order valence-corrected chi connectivity index (χ3v) is 4.66. The number of alkyl halides is 3. The fraction of sp³-hybridized carbons (Fsp3) is 0.333. The van der Waals surface area contributed by atoms with E-state index in [4.69, 9.17) is 0 Å². The molecule has 0 spiro atoms. The molecule has 0 bridgehead atoms. The summed E-state index contributed by atoms with van der Waals surface area (Å²) in [6.45, 7) is 1.67. The van der Waals surface area contributed by atoms with E-state index in [9.17, 15) is 22.4 Å². The molecule has 3 aromatic heterocycles. The van der Waals surface area contributed by atoms with Gasteiger partial charge in [-0.15, -0.1) is 0 Å². The lowest BCUT2D eigenvalue weighted by atomic mass is 10.1. The first-order chi connectivity index (χ1) is 13.3. The highest BCUT2D eigenvalue weighted by Gasteiger charge is 2.49. The SMILES string of the molecule is Cc1cc(-c2cccnc2F)nc2c(C(=O)NC(C3CC3)C(F)(F)F)cnn12. The lowest BCUT2D eigenvalue weighted by Crippen LogP contribution is -2.46. The molecule has 1 aliphatic carbocycles. The molecular weight excluding hydrogens is 378 g/mol. The van der Waals surface area contributed by atoms with Crippen LogP contribution in [0.4, 0.5) is 17.6 Å². The maximum atomic E-state index is 14.0. The topological polar surface area (TPSA) is 72.2 Å². The van der Waals surface area contributed by atoms with E-state index < -0.39 is 30.0 Å². The van der Waals surface area contributed by atoms with Gasteiger partial charge in [0.25, 0.3) is 5.91 Å². The highest BCUT2D eigenvalue weighted by Crippen LogP contribution is 2.40. The van der Waals surface area contributed by atoms with Crippen molar-refractivity contribution in [2.45, 2.75) is 32.0 Å². The molecule has 1 aliphatic rings. The number of aryl methyl sites for hydroxylation is 1. The van der Waals surface area contributed by atoms with E-state index in [1.165, 1.54) is 22.8 Å². The van der Waals surface area contributed by atoms with Gasteiger partial charge in [0.15, 0.2) is 5.65 Å². The second kappa shape index (κ2) is 6.54. The molecule has 0 aromatic carbocycles. The maximum absolute atomic E-state index is 14.0. The number of rotatable bonds is 4. The number of halogens is 4. The Bertz CT molecular complexity index is 1060. The zero-order valence-corrected chi connectivity index (χ0v) is 14.7. The molecule has 1 saturated carbocycles. The predicted octanol–water partition coefficient (Wildman–Crippen LogP) is 3.31. The quantitative estimate of drug-likeness (QED) is 0.545. The number of aromatic nitrogens is 4. The van der Waals surface area contributed by atoms with Crippen molar-refractivity contribution in [3.05, 3.63) is 47.8 Å². The number of hydrogen-bond acceptors (Lipinski definition) is 4. The normalized spacial score (nSPS) is 15.6.